The molecule has 0 saturated heterocycles. The summed E-state index contributed by atoms with van der Waals surface area (Å²) in [5.41, 5.74) is 8.41. The molecule has 11 nitrogen and oxygen atoms in total. The van der Waals surface area contributed by atoms with Gasteiger partial charge in [-0.1, -0.05) is 47.6 Å². The minimum atomic E-state index is -4.16. The highest BCUT2D eigenvalue weighted by molar-refractivity contribution is 7.89. The van der Waals surface area contributed by atoms with Crippen molar-refractivity contribution < 1.29 is 18.4 Å². The summed E-state index contributed by atoms with van der Waals surface area (Å²) in [5, 5.41) is 30.0. The van der Waals surface area contributed by atoms with Crippen molar-refractivity contribution in [3.05, 3.63) is 77.9 Å². The van der Waals surface area contributed by atoms with E-state index in [1.165, 1.54) is 16.9 Å². The molecule has 0 radical (unpaired) electrons. The normalized spacial score (nSPS) is 12.0. The van der Waals surface area contributed by atoms with E-state index in [1.54, 1.807) is 31.4 Å². The Morgan fingerprint density at radius 2 is 1.79 bits per heavy atom. The smallest absolute Gasteiger partial charge is 0.238 e. The molecule has 1 aromatic heterocycles. The van der Waals surface area contributed by atoms with Crippen LogP contribution < -0.4 is 15.6 Å². The topological polar surface area (TPSA) is 172 Å². The molecule has 0 unspecified atom stereocenters. The molecule has 4 rings (SSSR count). The van der Waals surface area contributed by atoms with Crippen LogP contribution in [0.25, 0.3) is 22.5 Å². The Labute approximate surface area is 195 Å². The summed E-state index contributed by atoms with van der Waals surface area (Å²) < 4.78 is 29.5. The summed E-state index contributed by atoms with van der Waals surface area (Å²) in [6.45, 7) is 0.406. The van der Waals surface area contributed by atoms with Crippen LogP contribution in [0.1, 0.15) is 11.1 Å². The second-order valence-electron chi connectivity index (χ2n) is 7.28. The lowest BCUT2D eigenvalue weighted by Gasteiger charge is -2.11. The third-order valence-electron chi connectivity index (χ3n) is 5.09. The second kappa shape index (κ2) is 9.29. The molecule has 4 aromatic rings. The number of hydrogen-bond acceptors (Lipinski definition) is 8. The lowest BCUT2D eigenvalue weighted by molar-refractivity contribution is 0.318. The first kappa shape index (κ1) is 22.9. The van der Waals surface area contributed by atoms with E-state index in [9.17, 15) is 8.42 Å². The van der Waals surface area contributed by atoms with Gasteiger partial charge >= 0.3 is 0 Å². The highest BCUT2D eigenvalue weighted by atomic mass is 32.2. The molecule has 0 aliphatic carbocycles. The molecule has 12 heteroatoms. The molecule has 0 aliphatic rings. The summed E-state index contributed by atoms with van der Waals surface area (Å²) >= 11 is 0. The second-order valence-corrected chi connectivity index (χ2v) is 8.81. The first-order chi connectivity index (χ1) is 16.3. The summed E-state index contributed by atoms with van der Waals surface area (Å²) in [5.74, 6) is 0.746. The fraction of sp³-hybridized carbons (Fsp3) is 0.0909. The summed E-state index contributed by atoms with van der Waals surface area (Å²) in [4.78, 5) is 1.19. The number of nitrogens with zero attached hydrogens (tertiary/aromatic N) is 5. The van der Waals surface area contributed by atoms with Gasteiger partial charge in [0.15, 0.2) is 5.84 Å². The minimum absolute atomic E-state index is 0.00482. The highest BCUT2D eigenvalue weighted by Crippen LogP contribution is 2.32. The van der Waals surface area contributed by atoms with Crippen LogP contribution in [0.2, 0.25) is 0 Å². The zero-order valence-electron chi connectivity index (χ0n) is 18.0. The third-order valence-corrected chi connectivity index (χ3v) is 6.04. The maximum atomic E-state index is 12.2. The van der Waals surface area contributed by atoms with Crippen LogP contribution in [0.15, 0.2) is 76.8 Å². The van der Waals surface area contributed by atoms with E-state index >= 15 is 0 Å². The Kier molecular flexibility index (Phi) is 6.25. The number of sulfonamides is 1. The summed E-state index contributed by atoms with van der Waals surface area (Å²) in [7, 11) is -2.56. The van der Waals surface area contributed by atoms with Crippen LogP contribution in [0, 0.1) is 0 Å². The Morgan fingerprint density at radius 3 is 2.44 bits per heavy atom. The number of hydrogen-bond donors (Lipinski definition) is 3. The number of aromatic nitrogens is 4. The molecular formula is C22H21N7O4S. The first-order valence-corrected chi connectivity index (χ1v) is 11.5. The predicted molar refractivity (Wildman–Crippen MR) is 125 cm³/mol. The van der Waals surface area contributed by atoms with Gasteiger partial charge in [0, 0.05) is 11.1 Å². The predicted octanol–water partition coefficient (Wildman–Crippen LogP) is 1.81. The number of benzene rings is 3. The van der Waals surface area contributed by atoms with E-state index in [2.05, 4.69) is 20.6 Å². The van der Waals surface area contributed by atoms with Gasteiger partial charge in [-0.25, -0.2) is 13.6 Å². The van der Waals surface area contributed by atoms with Gasteiger partial charge in [0.25, 0.3) is 0 Å². The molecule has 0 atom stereocenters. The number of tetrazole rings is 1. The molecule has 1 heterocycles. The molecule has 34 heavy (non-hydrogen) atoms. The Balaban J connectivity index is 1.72. The molecule has 3 aromatic carbocycles. The van der Waals surface area contributed by atoms with E-state index in [0.717, 1.165) is 11.3 Å². The molecular weight excluding hydrogens is 458 g/mol. The van der Waals surface area contributed by atoms with Crippen LogP contribution in [-0.2, 0) is 16.6 Å². The fourth-order valence-corrected chi connectivity index (χ4v) is 4.20. The first-order valence-electron chi connectivity index (χ1n) is 9.95. The van der Waals surface area contributed by atoms with Gasteiger partial charge in [0.1, 0.15) is 5.75 Å². The molecule has 0 aliphatic heterocycles. The lowest BCUT2D eigenvalue weighted by atomic mass is 9.98. The van der Waals surface area contributed by atoms with Crippen molar-refractivity contribution in [2.24, 2.45) is 16.0 Å². The molecule has 0 amide bonds. The van der Waals surface area contributed by atoms with Crippen molar-refractivity contribution in [1.29, 1.82) is 0 Å². The van der Waals surface area contributed by atoms with Gasteiger partial charge in [0.05, 0.1) is 18.6 Å². The third kappa shape index (κ3) is 4.72. The zero-order chi connectivity index (χ0) is 24.3. The molecule has 5 N–H and O–H groups in total. The van der Waals surface area contributed by atoms with Gasteiger partial charge < -0.3 is 15.7 Å². The van der Waals surface area contributed by atoms with Crippen LogP contribution in [0.3, 0.4) is 0 Å². The van der Waals surface area contributed by atoms with E-state index in [1.807, 2.05) is 30.3 Å². The number of nitrogens with two attached hydrogens (primary N) is 2. The molecule has 0 spiro atoms. The monoisotopic (exact) mass is 479 g/mol. The average Bonchev–Trinajstić information content (AvgIpc) is 3.31. The maximum Gasteiger partial charge on any atom is 0.238 e. The quantitative estimate of drug-likeness (QED) is 0.156. The summed E-state index contributed by atoms with van der Waals surface area (Å²) in [6.07, 6.45) is 0. The van der Waals surface area contributed by atoms with Crippen LogP contribution in [0.5, 0.6) is 5.75 Å². The number of ether oxygens (including phenoxy) is 1. The van der Waals surface area contributed by atoms with Gasteiger partial charge in [0.2, 0.25) is 15.8 Å². The van der Waals surface area contributed by atoms with Crippen molar-refractivity contribution in [2.45, 2.75) is 11.4 Å². The molecule has 0 fully saturated rings. The Hall–Kier alpha value is -4.29. The van der Waals surface area contributed by atoms with Crippen molar-refractivity contribution in [2.75, 3.05) is 7.11 Å². The number of amidine groups is 1. The molecule has 0 saturated carbocycles. The average molecular weight is 480 g/mol. The maximum absolute atomic E-state index is 12.2. The Morgan fingerprint density at radius 1 is 1.09 bits per heavy atom. The largest absolute Gasteiger partial charge is 0.497 e. The Bertz CT molecular complexity index is 1460. The van der Waals surface area contributed by atoms with Crippen molar-refractivity contribution in [3.8, 4) is 28.3 Å². The van der Waals surface area contributed by atoms with Gasteiger partial charge in [-0.05, 0) is 46.2 Å². The van der Waals surface area contributed by atoms with Crippen LogP contribution in [-0.4, -0.2) is 46.8 Å². The number of oxime groups is 1. The van der Waals surface area contributed by atoms with Gasteiger partial charge in [-0.15, -0.1) is 10.2 Å². The fourth-order valence-electron chi connectivity index (χ4n) is 3.43. The molecule has 174 valence electrons. The van der Waals surface area contributed by atoms with E-state index in [-0.39, 0.29) is 16.3 Å². The van der Waals surface area contributed by atoms with Crippen molar-refractivity contribution in [1.82, 2.24) is 20.2 Å². The van der Waals surface area contributed by atoms with Crippen LogP contribution in [0.4, 0.5) is 0 Å². The summed E-state index contributed by atoms with van der Waals surface area (Å²) in [6, 6.07) is 19.2. The number of methoxy groups -OCH3 is 1. The van der Waals surface area contributed by atoms with E-state index in [4.69, 9.17) is 20.8 Å². The standard InChI is InChI=1S/C22H21N7O4S/c1-33-16-9-6-14(7-10-16)13-29-26-22(25-28-29)18-5-3-2-4-17(18)15-8-11-19(21(23)27-30)20(12-15)34(24,31)32/h2-12,30H,13H2,1H3,(H2,23,27)(H2,24,31,32). The lowest BCUT2D eigenvalue weighted by Crippen LogP contribution is -2.21. The number of rotatable bonds is 7. The zero-order valence-corrected chi connectivity index (χ0v) is 18.8. The van der Waals surface area contributed by atoms with Crippen LogP contribution >= 0.6 is 0 Å². The SMILES string of the molecule is COc1ccc(Cn2nnc(-c3ccccc3-c3ccc(C(N)=NO)c(S(N)(=O)=O)c3)n2)cc1. The molecule has 0 bridgehead atoms. The van der Waals surface area contributed by atoms with E-state index < -0.39 is 10.0 Å². The van der Waals surface area contributed by atoms with E-state index in [0.29, 0.717) is 29.1 Å². The van der Waals surface area contributed by atoms with Crippen molar-refractivity contribution in [3.63, 3.8) is 0 Å². The number of primary sulfonamides is 1. The highest BCUT2D eigenvalue weighted by Gasteiger charge is 2.20. The van der Waals surface area contributed by atoms with Crippen molar-refractivity contribution >= 4 is 15.9 Å². The van der Waals surface area contributed by atoms with Gasteiger partial charge in [-0.3, -0.25) is 0 Å². The van der Waals surface area contributed by atoms with Gasteiger partial charge in [-0.2, -0.15) is 4.80 Å². The minimum Gasteiger partial charge on any atom is -0.497 e.